The van der Waals surface area contributed by atoms with E-state index >= 15 is 0 Å². The first-order chi connectivity index (χ1) is 9.13. The molecule has 0 aliphatic heterocycles. The summed E-state index contributed by atoms with van der Waals surface area (Å²) in [6.45, 7) is 7.81. The van der Waals surface area contributed by atoms with Gasteiger partial charge in [0.2, 0.25) is 0 Å². The van der Waals surface area contributed by atoms with E-state index in [1.54, 1.807) is 25.2 Å². The monoisotopic (exact) mass is 313 g/mol. The molecule has 1 N–H and O–H groups in total. The van der Waals surface area contributed by atoms with Gasteiger partial charge in [0, 0.05) is 17.7 Å². The van der Waals surface area contributed by atoms with E-state index in [0.29, 0.717) is 12.4 Å². The zero-order valence-electron chi connectivity index (χ0n) is 12.3. The van der Waals surface area contributed by atoms with Crippen LogP contribution < -0.4 is 5.32 Å². The summed E-state index contributed by atoms with van der Waals surface area (Å²) in [5.41, 5.74) is 1.14. The number of aromatic nitrogens is 2. The van der Waals surface area contributed by atoms with E-state index in [2.05, 4.69) is 15.3 Å². The normalized spacial score (nSPS) is 12.8. The summed E-state index contributed by atoms with van der Waals surface area (Å²) < 4.78 is 22.6. The van der Waals surface area contributed by atoms with Crippen LogP contribution in [-0.4, -0.2) is 35.9 Å². The molecule has 7 heteroatoms. The topological polar surface area (TPSA) is 72.0 Å². The van der Waals surface area contributed by atoms with Gasteiger partial charge >= 0.3 is 0 Å². The molecule has 0 unspecified atom stereocenters. The Morgan fingerprint density at radius 1 is 1.30 bits per heavy atom. The van der Waals surface area contributed by atoms with Crippen molar-refractivity contribution in [2.45, 2.75) is 32.4 Å². The second-order valence-electron chi connectivity index (χ2n) is 5.57. The molecule has 110 valence electrons. The average molecular weight is 313 g/mol. The summed E-state index contributed by atoms with van der Waals surface area (Å²) >= 11 is 1.62. The van der Waals surface area contributed by atoms with Gasteiger partial charge in [0.1, 0.15) is 17.0 Å². The first kappa shape index (κ1) is 15.2. The van der Waals surface area contributed by atoms with Crippen molar-refractivity contribution in [2.75, 3.05) is 18.1 Å². The zero-order valence-corrected chi connectivity index (χ0v) is 13.9. The van der Waals surface area contributed by atoms with Crippen LogP contribution in [0.25, 0.3) is 10.2 Å². The highest BCUT2D eigenvalue weighted by atomic mass is 32.2. The second kappa shape index (κ2) is 4.96. The highest BCUT2D eigenvalue weighted by Gasteiger charge is 2.30. The molecule has 2 aromatic heterocycles. The summed E-state index contributed by atoms with van der Waals surface area (Å²) in [6, 6.07) is 0. The Hall–Kier alpha value is -1.21. The molecule has 0 aliphatic rings. The molecular weight excluding hydrogens is 294 g/mol. The highest BCUT2D eigenvalue weighted by molar-refractivity contribution is 7.92. The van der Waals surface area contributed by atoms with Gasteiger partial charge in [-0.2, -0.15) is 0 Å². The molecule has 0 saturated carbocycles. The minimum absolute atomic E-state index is 0.312. The quantitative estimate of drug-likeness (QED) is 0.939. The van der Waals surface area contributed by atoms with E-state index < -0.39 is 14.6 Å². The van der Waals surface area contributed by atoms with E-state index in [1.807, 2.05) is 13.8 Å². The number of sulfone groups is 1. The van der Waals surface area contributed by atoms with Gasteiger partial charge in [-0.1, -0.05) is 0 Å². The highest BCUT2D eigenvalue weighted by Crippen LogP contribution is 2.32. The number of hydrogen-bond donors (Lipinski definition) is 1. The van der Waals surface area contributed by atoms with Crippen molar-refractivity contribution < 1.29 is 8.42 Å². The Morgan fingerprint density at radius 3 is 2.55 bits per heavy atom. The standard InChI is InChI=1S/C13H19N3O2S2/c1-8-9(2)19-12-10(8)11(15-7-16-12)14-6-13(3,4)20(5,17)18/h7H,6H2,1-5H3,(H,14,15,16). The third-order valence-electron chi connectivity index (χ3n) is 3.65. The second-order valence-corrected chi connectivity index (χ2v) is 9.42. The van der Waals surface area contributed by atoms with Crippen molar-refractivity contribution >= 4 is 37.2 Å². The van der Waals surface area contributed by atoms with E-state index in [-0.39, 0.29) is 0 Å². The first-order valence-electron chi connectivity index (χ1n) is 6.27. The summed E-state index contributed by atoms with van der Waals surface area (Å²) in [7, 11) is -3.13. The van der Waals surface area contributed by atoms with Gasteiger partial charge in [-0.15, -0.1) is 11.3 Å². The molecule has 0 saturated heterocycles. The molecule has 0 aliphatic carbocycles. The Kier molecular flexibility index (Phi) is 3.77. The first-order valence-corrected chi connectivity index (χ1v) is 8.98. The van der Waals surface area contributed by atoms with Crippen LogP contribution in [0.3, 0.4) is 0 Å². The van der Waals surface area contributed by atoms with Gasteiger partial charge in [0.25, 0.3) is 0 Å². The maximum absolute atomic E-state index is 11.7. The van der Waals surface area contributed by atoms with Crippen molar-refractivity contribution in [1.82, 2.24) is 9.97 Å². The van der Waals surface area contributed by atoms with Crippen molar-refractivity contribution in [1.29, 1.82) is 0 Å². The fourth-order valence-corrected chi connectivity index (χ4v) is 3.08. The number of rotatable bonds is 4. The number of aryl methyl sites for hydroxylation is 2. The smallest absolute Gasteiger partial charge is 0.154 e. The van der Waals surface area contributed by atoms with Crippen molar-refractivity contribution in [3.05, 3.63) is 16.8 Å². The van der Waals surface area contributed by atoms with Crippen LogP contribution in [0.5, 0.6) is 0 Å². The average Bonchev–Trinajstić information content (AvgIpc) is 2.62. The van der Waals surface area contributed by atoms with Crippen LogP contribution in [0.1, 0.15) is 24.3 Å². The molecule has 0 atom stereocenters. The van der Waals surface area contributed by atoms with E-state index in [1.165, 1.54) is 17.5 Å². The van der Waals surface area contributed by atoms with Gasteiger partial charge in [0.15, 0.2) is 9.84 Å². The predicted molar refractivity (Wildman–Crippen MR) is 84.3 cm³/mol. The molecule has 5 nitrogen and oxygen atoms in total. The Bertz CT molecular complexity index is 748. The lowest BCUT2D eigenvalue weighted by Crippen LogP contribution is -2.38. The minimum Gasteiger partial charge on any atom is -0.368 e. The molecule has 2 heterocycles. The van der Waals surface area contributed by atoms with Crippen molar-refractivity contribution in [2.24, 2.45) is 0 Å². The molecule has 0 amide bonds. The number of anilines is 1. The van der Waals surface area contributed by atoms with Gasteiger partial charge in [-0.3, -0.25) is 0 Å². The summed E-state index contributed by atoms with van der Waals surface area (Å²) in [5.74, 6) is 0.702. The van der Waals surface area contributed by atoms with E-state index in [4.69, 9.17) is 0 Å². The lowest BCUT2D eigenvalue weighted by molar-refractivity contribution is 0.559. The minimum atomic E-state index is -3.13. The van der Waals surface area contributed by atoms with Gasteiger partial charge in [0.05, 0.1) is 10.1 Å². The van der Waals surface area contributed by atoms with Crippen molar-refractivity contribution in [3.63, 3.8) is 0 Å². The SMILES string of the molecule is Cc1sc2ncnc(NCC(C)(C)S(C)(=O)=O)c2c1C. The number of hydrogen-bond acceptors (Lipinski definition) is 6. The molecular formula is C13H19N3O2S2. The fraction of sp³-hybridized carbons (Fsp3) is 0.538. The molecule has 0 bridgehead atoms. The lowest BCUT2D eigenvalue weighted by atomic mass is 10.2. The molecule has 2 rings (SSSR count). The van der Waals surface area contributed by atoms with Gasteiger partial charge in [-0.25, -0.2) is 18.4 Å². The summed E-state index contributed by atoms with van der Waals surface area (Å²) in [5, 5.41) is 4.15. The Morgan fingerprint density at radius 2 is 1.95 bits per heavy atom. The van der Waals surface area contributed by atoms with Crippen LogP contribution in [0.4, 0.5) is 5.82 Å². The van der Waals surface area contributed by atoms with Gasteiger partial charge in [-0.05, 0) is 33.3 Å². The zero-order chi connectivity index (χ0) is 15.1. The molecule has 0 radical (unpaired) electrons. The number of nitrogens with one attached hydrogen (secondary N) is 1. The van der Waals surface area contributed by atoms with Gasteiger partial charge < -0.3 is 5.32 Å². The third kappa shape index (κ3) is 2.64. The van der Waals surface area contributed by atoms with Crippen molar-refractivity contribution in [3.8, 4) is 0 Å². The van der Waals surface area contributed by atoms with Crippen LogP contribution in [0, 0.1) is 13.8 Å². The largest absolute Gasteiger partial charge is 0.368 e. The number of thiophene rings is 1. The number of fused-ring (bicyclic) bond motifs is 1. The lowest BCUT2D eigenvalue weighted by Gasteiger charge is -2.23. The molecule has 20 heavy (non-hydrogen) atoms. The molecule has 0 spiro atoms. The van der Waals surface area contributed by atoms with E-state index in [0.717, 1.165) is 15.8 Å². The maximum atomic E-state index is 11.7. The van der Waals surface area contributed by atoms with Crippen LogP contribution >= 0.6 is 11.3 Å². The fourth-order valence-electron chi connectivity index (χ4n) is 1.74. The molecule has 0 fully saturated rings. The predicted octanol–water partition coefficient (Wildman–Crippen LogP) is 2.54. The maximum Gasteiger partial charge on any atom is 0.154 e. The summed E-state index contributed by atoms with van der Waals surface area (Å²) in [4.78, 5) is 10.6. The van der Waals surface area contributed by atoms with Crippen LogP contribution in [0.15, 0.2) is 6.33 Å². The Labute approximate surface area is 123 Å². The summed E-state index contributed by atoms with van der Waals surface area (Å²) in [6.07, 6.45) is 2.76. The number of nitrogens with zero attached hydrogens (tertiary/aromatic N) is 2. The Balaban J connectivity index is 2.36. The van der Waals surface area contributed by atoms with Crippen LogP contribution in [0.2, 0.25) is 0 Å². The van der Waals surface area contributed by atoms with Crippen LogP contribution in [-0.2, 0) is 9.84 Å². The molecule has 0 aromatic carbocycles. The van der Waals surface area contributed by atoms with E-state index in [9.17, 15) is 8.42 Å². The third-order valence-corrected chi connectivity index (χ3v) is 6.92. The molecule has 2 aromatic rings.